The highest BCUT2D eigenvalue weighted by Gasteiger charge is 2.14. The Labute approximate surface area is 153 Å². The minimum Gasteiger partial charge on any atom is -0.497 e. The van der Waals surface area contributed by atoms with E-state index in [1.165, 1.54) is 4.88 Å². The molecule has 1 aromatic carbocycles. The molecule has 8 heteroatoms. The third kappa shape index (κ3) is 3.18. The zero-order chi connectivity index (χ0) is 18.1. The molecule has 2 N–H and O–H groups in total. The fourth-order valence-corrected chi connectivity index (χ4v) is 3.38. The Kier molecular flexibility index (Phi) is 4.18. The Morgan fingerprint density at radius 3 is 2.96 bits per heavy atom. The second-order valence-electron chi connectivity index (χ2n) is 5.70. The topological polar surface area (TPSA) is 93.0 Å². The Morgan fingerprint density at radius 1 is 1.31 bits per heavy atom. The monoisotopic (exact) mass is 368 g/mol. The number of rotatable bonds is 5. The predicted octanol–water partition coefficient (Wildman–Crippen LogP) is 3.53. The average molecular weight is 368 g/mol. The van der Waals surface area contributed by atoms with E-state index in [0.29, 0.717) is 28.4 Å². The average Bonchev–Trinajstić information content (AvgIpc) is 3.37. The Balaban J connectivity index is 1.44. The standard InChI is InChI=1S/C18H16N4O3S/c1-10-3-6-16(26-10)13-8-14(22-21-13)18(23)19-9-17-20-12-7-11(24-2)4-5-15(12)25-17/h3-8H,9H2,1-2H3,(H,19,23)(H,21,22). The normalized spacial score (nSPS) is 11.0. The highest BCUT2D eigenvalue weighted by atomic mass is 32.1. The van der Waals surface area contributed by atoms with E-state index in [1.54, 1.807) is 42.7 Å². The summed E-state index contributed by atoms with van der Waals surface area (Å²) in [6.45, 7) is 2.21. The highest BCUT2D eigenvalue weighted by molar-refractivity contribution is 7.15. The lowest BCUT2D eigenvalue weighted by Gasteiger charge is -1.98. The van der Waals surface area contributed by atoms with Crippen LogP contribution in [0.1, 0.15) is 21.3 Å². The SMILES string of the molecule is COc1ccc2oc(CNC(=O)c3cc(-c4ccc(C)s4)[nH]n3)nc2c1. The zero-order valence-corrected chi connectivity index (χ0v) is 15.0. The van der Waals surface area contributed by atoms with Crippen LogP contribution in [0.3, 0.4) is 0 Å². The molecule has 3 heterocycles. The molecule has 0 atom stereocenters. The van der Waals surface area contributed by atoms with Crippen LogP contribution in [0.5, 0.6) is 5.75 Å². The number of amides is 1. The first-order valence-electron chi connectivity index (χ1n) is 7.96. The van der Waals surface area contributed by atoms with E-state index in [0.717, 1.165) is 10.6 Å². The second kappa shape index (κ2) is 6.64. The zero-order valence-electron chi connectivity index (χ0n) is 14.2. The first-order chi connectivity index (χ1) is 12.6. The summed E-state index contributed by atoms with van der Waals surface area (Å²) in [6.07, 6.45) is 0. The summed E-state index contributed by atoms with van der Waals surface area (Å²) in [5.74, 6) is 0.834. The highest BCUT2D eigenvalue weighted by Crippen LogP contribution is 2.26. The summed E-state index contributed by atoms with van der Waals surface area (Å²) >= 11 is 1.64. The van der Waals surface area contributed by atoms with Crippen molar-refractivity contribution in [2.24, 2.45) is 0 Å². The van der Waals surface area contributed by atoms with Gasteiger partial charge in [0.05, 0.1) is 24.2 Å². The summed E-state index contributed by atoms with van der Waals surface area (Å²) in [5.41, 5.74) is 2.47. The molecule has 0 aliphatic rings. The molecule has 0 bridgehead atoms. The number of carbonyl (C=O) groups is 1. The van der Waals surface area contributed by atoms with E-state index < -0.39 is 0 Å². The maximum atomic E-state index is 12.3. The number of benzene rings is 1. The minimum absolute atomic E-state index is 0.177. The van der Waals surface area contributed by atoms with Crippen molar-refractivity contribution in [2.75, 3.05) is 7.11 Å². The van der Waals surface area contributed by atoms with Crippen LogP contribution in [0.4, 0.5) is 0 Å². The van der Waals surface area contributed by atoms with Crippen molar-refractivity contribution in [1.29, 1.82) is 0 Å². The summed E-state index contributed by atoms with van der Waals surface area (Å²) in [4.78, 5) is 18.9. The number of thiophene rings is 1. The number of aromatic amines is 1. The van der Waals surface area contributed by atoms with Crippen LogP contribution in [0.25, 0.3) is 21.7 Å². The minimum atomic E-state index is -0.291. The van der Waals surface area contributed by atoms with Gasteiger partial charge < -0.3 is 14.5 Å². The molecule has 0 radical (unpaired) electrons. The molecule has 0 fully saturated rings. The van der Waals surface area contributed by atoms with Gasteiger partial charge in [0.1, 0.15) is 11.3 Å². The number of nitrogens with zero attached hydrogens (tertiary/aromatic N) is 2. The van der Waals surface area contributed by atoms with Crippen LogP contribution in [-0.2, 0) is 6.54 Å². The Morgan fingerprint density at radius 2 is 2.19 bits per heavy atom. The van der Waals surface area contributed by atoms with E-state index in [2.05, 4.69) is 20.5 Å². The van der Waals surface area contributed by atoms with E-state index in [-0.39, 0.29) is 12.5 Å². The van der Waals surface area contributed by atoms with Gasteiger partial charge in [0.25, 0.3) is 5.91 Å². The van der Waals surface area contributed by atoms with E-state index in [9.17, 15) is 4.79 Å². The number of methoxy groups -OCH3 is 1. The van der Waals surface area contributed by atoms with Gasteiger partial charge in [-0.1, -0.05) is 0 Å². The van der Waals surface area contributed by atoms with E-state index in [1.807, 2.05) is 19.1 Å². The lowest BCUT2D eigenvalue weighted by atomic mass is 10.3. The van der Waals surface area contributed by atoms with E-state index >= 15 is 0 Å². The van der Waals surface area contributed by atoms with Gasteiger partial charge in [-0.3, -0.25) is 9.89 Å². The van der Waals surface area contributed by atoms with Gasteiger partial charge in [-0.25, -0.2) is 4.98 Å². The Hall–Kier alpha value is -3.13. The number of ether oxygens (including phenoxy) is 1. The van der Waals surface area contributed by atoms with Crippen LogP contribution < -0.4 is 10.1 Å². The molecule has 0 aliphatic carbocycles. The van der Waals surface area contributed by atoms with Crippen molar-refractivity contribution in [3.8, 4) is 16.3 Å². The number of carbonyl (C=O) groups excluding carboxylic acids is 1. The summed E-state index contributed by atoms with van der Waals surface area (Å²) in [7, 11) is 1.60. The smallest absolute Gasteiger partial charge is 0.272 e. The molecule has 26 heavy (non-hydrogen) atoms. The van der Waals surface area contributed by atoms with Gasteiger partial charge in [-0.05, 0) is 37.3 Å². The molecule has 1 amide bonds. The molecule has 4 aromatic rings. The molecule has 0 saturated carbocycles. The molecule has 3 aromatic heterocycles. The largest absolute Gasteiger partial charge is 0.497 e. The molecular weight excluding hydrogens is 352 g/mol. The van der Waals surface area contributed by atoms with Gasteiger partial charge in [-0.15, -0.1) is 11.3 Å². The maximum Gasteiger partial charge on any atom is 0.272 e. The van der Waals surface area contributed by atoms with Crippen molar-refractivity contribution in [3.63, 3.8) is 0 Å². The number of oxazole rings is 1. The van der Waals surface area contributed by atoms with Gasteiger partial charge in [0, 0.05) is 10.9 Å². The van der Waals surface area contributed by atoms with Crippen LogP contribution in [0, 0.1) is 6.92 Å². The quantitative estimate of drug-likeness (QED) is 0.562. The number of H-pyrrole nitrogens is 1. The molecule has 132 valence electrons. The van der Waals surface area contributed by atoms with Crippen LogP contribution in [0.15, 0.2) is 40.8 Å². The van der Waals surface area contributed by atoms with Gasteiger partial charge >= 0.3 is 0 Å². The molecule has 4 rings (SSSR count). The molecule has 0 unspecified atom stereocenters. The van der Waals surface area contributed by atoms with Gasteiger partial charge in [0.2, 0.25) is 5.89 Å². The molecule has 0 aliphatic heterocycles. The number of aromatic nitrogens is 3. The third-order valence-corrected chi connectivity index (χ3v) is 4.89. The number of fused-ring (bicyclic) bond motifs is 1. The van der Waals surface area contributed by atoms with Crippen molar-refractivity contribution in [3.05, 3.63) is 52.9 Å². The number of hydrogen-bond donors (Lipinski definition) is 2. The fraction of sp³-hybridized carbons (Fsp3) is 0.167. The van der Waals surface area contributed by atoms with Crippen LogP contribution in [-0.4, -0.2) is 28.2 Å². The van der Waals surface area contributed by atoms with Gasteiger partial charge in [-0.2, -0.15) is 5.10 Å². The van der Waals surface area contributed by atoms with Crippen molar-refractivity contribution in [2.45, 2.75) is 13.5 Å². The van der Waals surface area contributed by atoms with Crippen molar-refractivity contribution >= 4 is 28.3 Å². The van der Waals surface area contributed by atoms with Crippen LogP contribution in [0.2, 0.25) is 0 Å². The number of hydrogen-bond acceptors (Lipinski definition) is 6. The lowest BCUT2D eigenvalue weighted by molar-refractivity contribution is 0.0942. The van der Waals surface area contributed by atoms with Gasteiger partial charge in [0.15, 0.2) is 11.3 Å². The van der Waals surface area contributed by atoms with Crippen molar-refractivity contribution in [1.82, 2.24) is 20.5 Å². The summed E-state index contributed by atoms with van der Waals surface area (Å²) < 4.78 is 10.8. The maximum absolute atomic E-state index is 12.3. The van der Waals surface area contributed by atoms with Crippen LogP contribution >= 0.6 is 11.3 Å². The number of nitrogens with one attached hydrogen (secondary N) is 2. The Bertz CT molecular complexity index is 1080. The summed E-state index contributed by atoms with van der Waals surface area (Å²) in [5, 5.41) is 9.75. The third-order valence-electron chi connectivity index (χ3n) is 3.86. The predicted molar refractivity (Wildman–Crippen MR) is 98.4 cm³/mol. The lowest BCUT2D eigenvalue weighted by Crippen LogP contribution is -2.23. The molecular formula is C18H16N4O3S. The molecule has 7 nitrogen and oxygen atoms in total. The fourth-order valence-electron chi connectivity index (χ4n) is 2.55. The molecule has 0 saturated heterocycles. The molecule has 0 spiro atoms. The summed E-state index contributed by atoms with van der Waals surface area (Å²) in [6, 6.07) is 11.1. The first kappa shape index (κ1) is 16.3. The van der Waals surface area contributed by atoms with E-state index in [4.69, 9.17) is 9.15 Å². The number of aryl methyl sites for hydroxylation is 1. The first-order valence-corrected chi connectivity index (χ1v) is 8.78. The van der Waals surface area contributed by atoms with Crippen molar-refractivity contribution < 1.29 is 13.9 Å². The second-order valence-corrected chi connectivity index (χ2v) is 6.99.